The van der Waals surface area contributed by atoms with Gasteiger partial charge in [-0.25, -0.2) is 4.79 Å². The van der Waals surface area contributed by atoms with Crippen LogP contribution in [0.2, 0.25) is 0 Å². The second-order valence-corrected chi connectivity index (χ2v) is 11.7. The number of esters is 1. The zero-order valence-corrected chi connectivity index (χ0v) is 22.5. The van der Waals surface area contributed by atoms with Crippen LogP contribution < -0.4 is 0 Å². The molecule has 0 aliphatic carbocycles. The maximum atomic E-state index is 12.7. The summed E-state index contributed by atoms with van der Waals surface area (Å²) in [6, 6.07) is 0. The fraction of sp³-hybridized carbons (Fsp3) is 0.880. The lowest BCUT2D eigenvalue weighted by molar-refractivity contribution is -0.158. The number of hydrogen-bond acceptors (Lipinski definition) is 7. The van der Waals surface area contributed by atoms with Gasteiger partial charge < -0.3 is 28.6 Å². The lowest BCUT2D eigenvalue weighted by Crippen LogP contribution is -2.45. The smallest absolute Gasteiger partial charge is 0.410 e. The summed E-state index contributed by atoms with van der Waals surface area (Å²) in [7, 11) is 0. The van der Waals surface area contributed by atoms with Gasteiger partial charge in [-0.2, -0.15) is 0 Å². The highest BCUT2D eigenvalue weighted by Crippen LogP contribution is 2.29. The van der Waals surface area contributed by atoms with E-state index in [1.807, 2.05) is 69.2 Å². The van der Waals surface area contributed by atoms with Gasteiger partial charge in [0.1, 0.15) is 24.1 Å². The maximum absolute atomic E-state index is 12.7. The number of hydrogen-bond donors (Lipinski definition) is 0. The Hall–Kier alpha value is -1.67. The predicted octanol–water partition coefficient (Wildman–Crippen LogP) is 4.63. The molecule has 0 saturated carbocycles. The normalized spacial score (nSPS) is 14.4. The van der Waals surface area contributed by atoms with Crippen molar-refractivity contribution in [1.82, 2.24) is 4.90 Å². The molecule has 0 N–H and O–H groups in total. The summed E-state index contributed by atoms with van der Waals surface area (Å²) < 4.78 is 22.3. The van der Waals surface area contributed by atoms with E-state index in [9.17, 15) is 14.4 Å². The van der Waals surface area contributed by atoms with Crippen molar-refractivity contribution in [2.75, 3.05) is 39.5 Å². The first-order chi connectivity index (χ1) is 14.9. The summed E-state index contributed by atoms with van der Waals surface area (Å²) in [5.41, 5.74) is -1.85. The van der Waals surface area contributed by atoms with Crippen molar-refractivity contribution in [2.24, 2.45) is 10.8 Å². The molecule has 0 bridgehead atoms. The molecule has 1 unspecified atom stereocenters. The van der Waals surface area contributed by atoms with Gasteiger partial charge in [0, 0.05) is 23.9 Å². The second-order valence-electron chi connectivity index (χ2n) is 11.7. The predicted molar refractivity (Wildman–Crippen MR) is 128 cm³/mol. The first-order valence-electron chi connectivity index (χ1n) is 11.7. The van der Waals surface area contributed by atoms with Crippen molar-refractivity contribution >= 4 is 18.3 Å². The van der Waals surface area contributed by atoms with E-state index >= 15 is 0 Å². The van der Waals surface area contributed by atoms with Crippen molar-refractivity contribution in [1.29, 1.82) is 0 Å². The quantitative estimate of drug-likeness (QED) is 0.206. The fourth-order valence-corrected chi connectivity index (χ4v) is 3.01. The van der Waals surface area contributed by atoms with Gasteiger partial charge in [-0.1, -0.05) is 27.7 Å². The first kappa shape index (κ1) is 31.3. The number of nitrogens with zero attached hydrogens (tertiary/aromatic N) is 1. The van der Waals surface area contributed by atoms with Gasteiger partial charge in [-0.3, -0.25) is 4.79 Å². The molecule has 8 heteroatoms. The molecule has 0 aliphatic rings. The van der Waals surface area contributed by atoms with Crippen LogP contribution in [0.5, 0.6) is 0 Å². The van der Waals surface area contributed by atoms with Crippen molar-refractivity contribution in [3.05, 3.63) is 0 Å². The van der Waals surface area contributed by atoms with Crippen molar-refractivity contribution in [3.63, 3.8) is 0 Å². The largest absolute Gasteiger partial charge is 0.460 e. The molecule has 0 aromatic heterocycles. The number of amides is 1. The van der Waals surface area contributed by atoms with Gasteiger partial charge in [-0.05, 0) is 48.0 Å². The van der Waals surface area contributed by atoms with Gasteiger partial charge in [0.15, 0.2) is 0 Å². The second kappa shape index (κ2) is 13.3. The van der Waals surface area contributed by atoms with Gasteiger partial charge in [0.2, 0.25) is 0 Å². The lowest BCUT2D eigenvalue weighted by atomic mass is 9.84. The molecule has 194 valence electrons. The SMILES string of the molecule is CCC(C)(COCC(C)(C)CN(CCOCC=O)C(=O)OC(C)(C)C)CC(=O)OC(C)(C)C. The van der Waals surface area contributed by atoms with Gasteiger partial charge >= 0.3 is 12.1 Å². The van der Waals surface area contributed by atoms with Crippen LogP contribution in [0.4, 0.5) is 4.79 Å². The number of carbonyl (C=O) groups is 3. The van der Waals surface area contributed by atoms with Crippen LogP contribution in [0, 0.1) is 10.8 Å². The standard InChI is InChI=1S/C25H47NO7/c1-11-25(10,16-20(28)32-22(2,3)4)19-31-18-24(8,9)17-26(12-14-30-15-13-27)21(29)33-23(5,6)7/h13H,11-12,14-19H2,1-10H3. The van der Waals surface area contributed by atoms with E-state index < -0.39 is 17.3 Å². The Morgan fingerprint density at radius 2 is 1.42 bits per heavy atom. The highest BCUT2D eigenvalue weighted by Gasteiger charge is 2.32. The lowest BCUT2D eigenvalue weighted by Gasteiger charge is -2.35. The fourth-order valence-electron chi connectivity index (χ4n) is 3.01. The van der Waals surface area contributed by atoms with E-state index in [-0.39, 0.29) is 36.4 Å². The monoisotopic (exact) mass is 473 g/mol. The molecule has 0 aliphatic heterocycles. The van der Waals surface area contributed by atoms with E-state index in [1.54, 1.807) is 4.90 Å². The number of carbonyl (C=O) groups excluding carboxylic acids is 3. The maximum Gasteiger partial charge on any atom is 0.410 e. The van der Waals surface area contributed by atoms with Crippen LogP contribution in [0.25, 0.3) is 0 Å². The minimum atomic E-state index is -0.621. The summed E-state index contributed by atoms with van der Waals surface area (Å²) in [5.74, 6) is -0.235. The van der Waals surface area contributed by atoms with E-state index in [0.717, 1.165) is 6.42 Å². The average molecular weight is 474 g/mol. The van der Waals surface area contributed by atoms with Crippen LogP contribution in [-0.2, 0) is 28.5 Å². The van der Waals surface area contributed by atoms with Crippen molar-refractivity contribution < 1.29 is 33.3 Å². The molecule has 0 spiro atoms. The Kier molecular flexibility index (Phi) is 12.6. The molecule has 8 nitrogen and oxygen atoms in total. The van der Waals surface area contributed by atoms with Crippen LogP contribution >= 0.6 is 0 Å². The van der Waals surface area contributed by atoms with Crippen LogP contribution in [0.15, 0.2) is 0 Å². The Balaban J connectivity index is 4.99. The summed E-state index contributed by atoms with van der Waals surface area (Å²) in [6.45, 7) is 20.8. The third-order valence-electron chi connectivity index (χ3n) is 4.75. The molecule has 1 atom stereocenters. The van der Waals surface area contributed by atoms with Crippen LogP contribution in [-0.4, -0.2) is 74.0 Å². The van der Waals surface area contributed by atoms with Crippen LogP contribution in [0.1, 0.15) is 82.1 Å². The summed E-state index contributed by atoms with van der Waals surface area (Å²) >= 11 is 0. The van der Waals surface area contributed by atoms with Gasteiger partial charge in [-0.15, -0.1) is 0 Å². The highest BCUT2D eigenvalue weighted by molar-refractivity contribution is 5.70. The Morgan fingerprint density at radius 1 is 0.848 bits per heavy atom. The summed E-state index contributed by atoms with van der Waals surface area (Å²) in [4.78, 5) is 37.1. The topological polar surface area (TPSA) is 91.4 Å². The third-order valence-corrected chi connectivity index (χ3v) is 4.75. The molecule has 0 aromatic rings. The first-order valence-corrected chi connectivity index (χ1v) is 11.7. The molecule has 1 amide bonds. The van der Waals surface area contributed by atoms with Crippen LogP contribution in [0.3, 0.4) is 0 Å². The van der Waals surface area contributed by atoms with E-state index in [2.05, 4.69) is 0 Å². The Bertz CT molecular complexity index is 619. The van der Waals surface area contributed by atoms with Crippen molar-refractivity contribution in [3.8, 4) is 0 Å². The molecular weight excluding hydrogens is 426 g/mol. The highest BCUT2D eigenvalue weighted by atomic mass is 16.6. The van der Waals surface area contributed by atoms with Gasteiger partial charge in [0.05, 0.1) is 26.2 Å². The average Bonchev–Trinajstić information content (AvgIpc) is 2.60. The van der Waals surface area contributed by atoms with E-state index in [4.69, 9.17) is 18.9 Å². The minimum absolute atomic E-state index is 0.0120. The molecule has 0 heterocycles. The Morgan fingerprint density at radius 3 is 1.91 bits per heavy atom. The number of aldehydes is 1. The number of rotatable bonds is 14. The van der Waals surface area contributed by atoms with Gasteiger partial charge in [0.25, 0.3) is 0 Å². The molecule has 0 rings (SSSR count). The summed E-state index contributed by atoms with van der Waals surface area (Å²) in [5, 5.41) is 0. The molecule has 0 fully saturated rings. The Labute approximate surface area is 200 Å². The van der Waals surface area contributed by atoms with Crippen molar-refractivity contribution in [2.45, 2.75) is 93.3 Å². The zero-order chi connectivity index (χ0) is 25.9. The molecule has 0 aromatic carbocycles. The third kappa shape index (κ3) is 15.7. The minimum Gasteiger partial charge on any atom is -0.460 e. The summed E-state index contributed by atoms with van der Waals surface area (Å²) in [6.07, 6.45) is 1.29. The van der Waals surface area contributed by atoms with E-state index in [0.29, 0.717) is 32.6 Å². The zero-order valence-electron chi connectivity index (χ0n) is 22.5. The molecular formula is C25H47NO7. The van der Waals surface area contributed by atoms with E-state index in [1.165, 1.54) is 0 Å². The molecule has 33 heavy (non-hydrogen) atoms. The molecule has 0 saturated heterocycles. The molecule has 0 radical (unpaired) electrons. The number of ether oxygens (including phenoxy) is 4.